The fourth-order valence-corrected chi connectivity index (χ4v) is 4.10. The van der Waals surface area contributed by atoms with E-state index < -0.39 is 91.6 Å². The van der Waals surface area contributed by atoms with Crippen LogP contribution in [0.4, 0.5) is 0 Å². The molecule has 40 heavy (non-hydrogen) atoms. The molecule has 1 aliphatic rings. The molecule has 1 unspecified atom stereocenters. The van der Waals surface area contributed by atoms with Gasteiger partial charge in [-0.3, -0.25) is 24.0 Å². The van der Waals surface area contributed by atoms with Crippen molar-refractivity contribution >= 4 is 29.7 Å². The van der Waals surface area contributed by atoms with Gasteiger partial charge in [0.05, 0.1) is 25.8 Å². The van der Waals surface area contributed by atoms with E-state index in [4.69, 9.17) is 31.4 Å². The standard InChI is InChI=1S/C24H43N5O11/c1-11(2)18(26)23(35)29(14(22(27)34)6-7-16(31)37-5)9-12(3)39-21-19(28-13(4)30)24(36)40-15(20(21)33)10-38-17(32)8-25/h11-12,14-15,18-21,24,33,36H,6-10,25-26H2,1-5H3,(H2,27,34)(H,28,30)/t12?,14-,15-,18+,19-,20-,21-,24+/m1/s1. The minimum atomic E-state index is -1.67. The third-order valence-corrected chi connectivity index (χ3v) is 6.32. The number of aliphatic hydroxyl groups excluding tert-OH is 2. The van der Waals surface area contributed by atoms with E-state index in [0.29, 0.717) is 0 Å². The van der Waals surface area contributed by atoms with Gasteiger partial charge in [0.1, 0.15) is 37.0 Å². The fourth-order valence-electron chi connectivity index (χ4n) is 4.10. The molecule has 0 aliphatic carbocycles. The molecule has 0 aromatic carbocycles. The van der Waals surface area contributed by atoms with Gasteiger partial charge >= 0.3 is 11.9 Å². The molecule has 0 bridgehead atoms. The molecule has 1 saturated heterocycles. The van der Waals surface area contributed by atoms with Crippen LogP contribution in [0.25, 0.3) is 0 Å². The largest absolute Gasteiger partial charge is 0.469 e. The molecule has 1 aliphatic heterocycles. The average Bonchev–Trinajstić information content (AvgIpc) is 2.89. The molecule has 3 amide bonds. The van der Waals surface area contributed by atoms with E-state index in [2.05, 4.69) is 10.1 Å². The number of aliphatic hydroxyl groups is 2. The SMILES string of the molecule is COC(=O)CC[C@H](C(N)=O)N(CC(C)O[C@H]1[C@H](O)[C@@H](COC(=O)CN)O[C@H](O)[C@@H]1NC(C)=O)C(=O)[C@@H](N)C(C)C. The number of esters is 2. The predicted octanol–water partition coefficient (Wildman–Crippen LogP) is -3.54. The number of nitrogens with one attached hydrogen (secondary N) is 1. The Kier molecular flexibility index (Phi) is 14.4. The van der Waals surface area contributed by atoms with Gasteiger partial charge in [0, 0.05) is 19.9 Å². The van der Waals surface area contributed by atoms with Gasteiger partial charge in [-0.15, -0.1) is 0 Å². The molecule has 8 atom stereocenters. The number of amides is 3. The highest BCUT2D eigenvalue weighted by Crippen LogP contribution is 2.25. The number of rotatable bonds is 15. The van der Waals surface area contributed by atoms with Crippen molar-refractivity contribution in [2.75, 3.05) is 26.8 Å². The van der Waals surface area contributed by atoms with Crippen LogP contribution in [0, 0.1) is 5.92 Å². The highest BCUT2D eigenvalue weighted by Gasteiger charge is 2.47. The zero-order valence-electron chi connectivity index (χ0n) is 23.5. The van der Waals surface area contributed by atoms with Crippen molar-refractivity contribution in [3.63, 3.8) is 0 Å². The summed E-state index contributed by atoms with van der Waals surface area (Å²) in [5, 5.41) is 24.0. The maximum atomic E-state index is 13.3. The molecule has 230 valence electrons. The summed E-state index contributed by atoms with van der Waals surface area (Å²) in [6, 6.07) is -3.52. The Hall–Kier alpha value is -2.89. The van der Waals surface area contributed by atoms with Crippen LogP contribution in [0.1, 0.15) is 40.5 Å². The van der Waals surface area contributed by atoms with E-state index in [1.807, 2.05) is 0 Å². The van der Waals surface area contributed by atoms with E-state index in [-0.39, 0.29) is 25.3 Å². The number of carbonyl (C=O) groups is 5. The molecule has 16 nitrogen and oxygen atoms in total. The second-order valence-electron chi connectivity index (χ2n) is 9.87. The molecule has 16 heteroatoms. The number of primary amides is 1. The quantitative estimate of drug-likeness (QED) is 0.103. The lowest BCUT2D eigenvalue weighted by Crippen LogP contribution is -2.66. The maximum absolute atomic E-state index is 13.3. The van der Waals surface area contributed by atoms with Crippen LogP contribution < -0.4 is 22.5 Å². The molecule has 0 spiro atoms. The summed E-state index contributed by atoms with van der Waals surface area (Å²) in [6.07, 6.45) is -7.07. The monoisotopic (exact) mass is 577 g/mol. The first kappa shape index (κ1) is 35.1. The van der Waals surface area contributed by atoms with Crippen molar-refractivity contribution < 1.29 is 53.1 Å². The van der Waals surface area contributed by atoms with Gasteiger partial charge in [-0.05, 0) is 19.3 Å². The first-order valence-corrected chi connectivity index (χ1v) is 12.9. The number of methoxy groups -OCH3 is 1. The maximum Gasteiger partial charge on any atom is 0.319 e. The van der Waals surface area contributed by atoms with Gasteiger partial charge in [-0.1, -0.05) is 13.8 Å². The van der Waals surface area contributed by atoms with E-state index in [1.54, 1.807) is 13.8 Å². The molecule has 1 fully saturated rings. The van der Waals surface area contributed by atoms with Gasteiger partial charge in [-0.25, -0.2) is 0 Å². The normalized spacial score (nSPS) is 24.9. The van der Waals surface area contributed by atoms with Crippen LogP contribution in [-0.2, 0) is 42.9 Å². The summed E-state index contributed by atoms with van der Waals surface area (Å²) in [4.78, 5) is 61.8. The highest BCUT2D eigenvalue weighted by atomic mass is 16.6. The number of hydrogen-bond donors (Lipinski definition) is 6. The summed E-state index contributed by atoms with van der Waals surface area (Å²) in [5.41, 5.74) is 16.9. The zero-order chi connectivity index (χ0) is 30.7. The second-order valence-corrected chi connectivity index (χ2v) is 9.87. The number of nitrogens with zero attached hydrogens (tertiary/aromatic N) is 1. The van der Waals surface area contributed by atoms with Gasteiger partial charge in [0.15, 0.2) is 6.29 Å². The number of hydrogen-bond acceptors (Lipinski definition) is 13. The summed E-state index contributed by atoms with van der Waals surface area (Å²) in [6.45, 7) is 4.96. The number of carbonyl (C=O) groups excluding carboxylic acids is 5. The minimum Gasteiger partial charge on any atom is -0.469 e. The predicted molar refractivity (Wildman–Crippen MR) is 138 cm³/mol. The second kappa shape index (κ2) is 16.4. The summed E-state index contributed by atoms with van der Waals surface area (Å²) >= 11 is 0. The molecule has 1 rings (SSSR count). The molecule has 0 saturated carbocycles. The van der Waals surface area contributed by atoms with Crippen molar-refractivity contribution in [2.45, 2.75) is 89.4 Å². The van der Waals surface area contributed by atoms with Crippen molar-refractivity contribution in [2.24, 2.45) is 23.1 Å². The lowest BCUT2D eigenvalue weighted by atomic mass is 9.96. The van der Waals surface area contributed by atoms with Crippen LogP contribution in [0.3, 0.4) is 0 Å². The smallest absolute Gasteiger partial charge is 0.319 e. The van der Waals surface area contributed by atoms with Crippen molar-refractivity contribution in [1.82, 2.24) is 10.2 Å². The first-order valence-electron chi connectivity index (χ1n) is 12.9. The Labute approximate surface area is 232 Å². The number of nitrogens with two attached hydrogens (primary N) is 3. The molecule has 0 radical (unpaired) electrons. The fraction of sp³-hybridized carbons (Fsp3) is 0.792. The Bertz CT molecular complexity index is 889. The minimum absolute atomic E-state index is 0.146. The van der Waals surface area contributed by atoms with E-state index >= 15 is 0 Å². The van der Waals surface area contributed by atoms with Crippen molar-refractivity contribution in [3.8, 4) is 0 Å². The van der Waals surface area contributed by atoms with Gasteiger partial charge in [0.25, 0.3) is 0 Å². The van der Waals surface area contributed by atoms with Crippen molar-refractivity contribution in [1.29, 1.82) is 0 Å². The summed E-state index contributed by atoms with van der Waals surface area (Å²) < 4.78 is 20.9. The molecule has 9 N–H and O–H groups in total. The Morgan fingerprint density at radius 1 is 1.10 bits per heavy atom. The van der Waals surface area contributed by atoms with E-state index in [0.717, 1.165) is 4.90 Å². The zero-order valence-corrected chi connectivity index (χ0v) is 23.5. The highest BCUT2D eigenvalue weighted by molar-refractivity contribution is 5.89. The molecule has 0 aromatic rings. The lowest BCUT2D eigenvalue weighted by Gasteiger charge is -2.44. The third kappa shape index (κ3) is 10.3. The number of ether oxygens (including phenoxy) is 4. The van der Waals surface area contributed by atoms with Gasteiger partial charge in [-0.2, -0.15) is 0 Å². The van der Waals surface area contributed by atoms with Gasteiger partial charge < -0.3 is 56.6 Å². The molecule has 0 aromatic heterocycles. The van der Waals surface area contributed by atoms with Crippen LogP contribution in [0.15, 0.2) is 0 Å². The first-order chi connectivity index (χ1) is 18.6. The molecular formula is C24H43N5O11. The van der Waals surface area contributed by atoms with Gasteiger partial charge in [0.2, 0.25) is 17.7 Å². The van der Waals surface area contributed by atoms with Crippen molar-refractivity contribution in [3.05, 3.63) is 0 Å². The Morgan fingerprint density at radius 2 is 1.73 bits per heavy atom. The van der Waals surface area contributed by atoms with E-state index in [1.165, 1.54) is 21.0 Å². The van der Waals surface area contributed by atoms with Crippen LogP contribution in [0.2, 0.25) is 0 Å². The average molecular weight is 578 g/mol. The van der Waals surface area contributed by atoms with Crippen LogP contribution in [-0.4, -0.2) is 120 Å². The third-order valence-electron chi connectivity index (χ3n) is 6.32. The molecule has 1 heterocycles. The summed E-state index contributed by atoms with van der Waals surface area (Å²) in [5.74, 6) is -3.79. The van der Waals surface area contributed by atoms with Crippen LogP contribution >= 0.6 is 0 Å². The summed E-state index contributed by atoms with van der Waals surface area (Å²) in [7, 11) is 1.18. The Morgan fingerprint density at radius 3 is 2.23 bits per heavy atom. The molecular weight excluding hydrogens is 534 g/mol. The van der Waals surface area contributed by atoms with Crippen LogP contribution in [0.5, 0.6) is 0 Å². The lowest BCUT2D eigenvalue weighted by molar-refractivity contribution is -0.269. The van der Waals surface area contributed by atoms with E-state index in [9.17, 15) is 34.2 Å². The Balaban J connectivity index is 3.27. The topological polar surface area (TPSA) is 256 Å².